The van der Waals surface area contributed by atoms with Crippen molar-refractivity contribution < 1.29 is 18.3 Å². The van der Waals surface area contributed by atoms with E-state index in [4.69, 9.17) is 17.0 Å². The van der Waals surface area contributed by atoms with E-state index < -0.39 is 18.5 Å². The summed E-state index contributed by atoms with van der Waals surface area (Å²) in [6, 6.07) is 1.31. The molecule has 20 heavy (non-hydrogen) atoms. The number of hydrogen-bond donors (Lipinski definition) is 2. The summed E-state index contributed by atoms with van der Waals surface area (Å²) in [6.07, 6.45) is 0. The first-order valence-corrected chi connectivity index (χ1v) is 7.07. The maximum absolute atomic E-state index is 13.7. The molecular formula is C12H12F2N2O2S2. The maximum atomic E-state index is 13.7. The Morgan fingerprint density at radius 2 is 2.35 bits per heavy atom. The molecule has 0 aliphatic carbocycles. The van der Waals surface area contributed by atoms with Crippen molar-refractivity contribution in [1.82, 2.24) is 10.6 Å². The summed E-state index contributed by atoms with van der Waals surface area (Å²) in [5, 5.41) is 8.77. The summed E-state index contributed by atoms with van der Waals surface area (Å²) in [5.41, 5.74) is 0.624. The molecular weight excluding hydrogens is 306 g/mol. The molecule has 0 saturated heterocycles. The highest BCUT2D eigenvalue weighted by Gasteiger charge is 2.34. The molecule has 0 saturated carbocycles. The fourth-order valence-electron chi connectivity index (χ4n) is 1.62. The summed E-state index contributed by atoms with van der Waals surface area (Å²) in [7, 11) is 0. The molecule has 2 heterocycles. The second-order valence-corrected chi connectivity index (χ2v) is 5.39. The topological polar surface area (TPSA) is 50.4 Å². The van der Waals surface area contributed by atoms with Crippen molar-refractivity contribution in [2.24, 2.45) is 0 Å². The van der Waals surface area contributed by atoms with Crippen LogP contribution in [0.1, 0.15) is 12.5 Å². The van der Waals surface area contributed by atoms with Gasteiger partial charge in [0, 0.05) is 16.6 Å². The van der Waals surface area contributed by atoms with Crippen molar-refractivity contribution in [3.05, 3.63) is 33.7 Å². The SMILES string of the molecule is CC1=C(C(=O)OCC(F)(F)c2ccsc2)CNC(=S)N1. The molecule has 2 rings (SSSR count). The third-order valence-electron chi connectivity index (χ3n) is 2.75. The first kappa shape index (κ1) is 14.9. The second-order valence-electron chi connectivity index (χ2n) is 4.20. The van der Waals surface area contributed by atoms with E-state index in [1.807, 2.05) is 0 Å². The lowest BCUT2D eigenvalue weighted by atomic mass is 10.2. The summed E-state index contributed by atoms with van der Waals surface area (Å²) < 4.78 is 32.2. The zero-order valence-corrected chi connectivity index (χ0v) is 12.2. The average Bonchev–Trinajstić information content (AvgIpc) is 2.90. The molecule has 0 spiro atoms. The first-order valence-electron chi connectivity index (χ1n) is 5.72. The van der Waals surface area contributed by atoms with Crippen molar-refractivity contribution in [3.8, 4) is 0 Å². The van der Waals surface area contributed by atoms with Gasteiger partial charge in [-0.05, 0) is 30.6 Å². The second kappa shape index (κ2) is 5.84. The minimum Gasteiger partial charge on any atom is -0.455 e. The maximum Gasteiger partial charge on any atom is 0.337 e. The lowest BCUT2D eigenvalue weighted by molar-refractivity contribution is -0.151. The number of carbonyl (C=O) groups excluding carboxylic acids is 1. The number of nitrogens with one attached hydrogen (secondary N) is 2. The number of halogens is 2. The minimum absolute atomic E-state index is 0.151. The predicted molar refractivity (Wildman–Crippen MR) is 75.6 cm³/mol. The highest BCUT2D eigenvalue weighted by Crippen LogP contribution is 2.30. The number of carbonyl (C=O) groups is 1. The van der Waals surface area contributed by atoms with Gasteiger partial charge in [0.2, 0.25) is 0 Å². The van der Waals surface area contributed by atoms with Crippen LogP contribution in [0.4, 0.5) is 8.78 Å². The molecule has 2 N–H and O–H groups in total. The Hall–Kier alpha value is -1.54. The van der Waals surface area contributed by atoms with Crippen LogP contribution in [0.15, 0.2) is 28.1 Å². The van der Waals surface area contributed by atoms with Crippen LogP contribution in [-0.4, -0.2) is 24.2 Å². The molecule has 0 atom stereocenters. The van der Waals surface area contributed by atoms with E-state index in [2.05, 4.69) is 10.6 Å². The molecule has 1 aliphatic rings. The van der Waals surface area contributed by atoms with Crippen molar-refractivity contribution in [3.63, 3.8) is 0 Å². The van der Waals surface area contributed by atoms with E-state index in [9.17, 15) is 13.6 Å². The number of esters is 1. The fraction of sp³-hybridized carbons (Fsp3) is 0.333. The summed E-state index contributed by atoms with van der Waals surface area (Å²) in [4.78, 5) is 11.8. The van der Waals surface area contributed by atoms with Gasteiger partial charge in [0.15, 0.2) is 11.7 Å². The monoisotopic (exact) mass is 318 g/mol. The zero-order valence-electron chi connectivity index (χ0n) is 10.5. The molecule has 4 nitrogen and oxygen atoms in total. The lowest BCUT2D eigenvalue weighted by Gasteiger charge is -2.22. The third-order valence-corrected chi connectivity index (χ3v) is 3.68. The van der Waals surface area contributed by atoms with E-state index >= 15 is 0 Å². The van der Waals surface area contributed by atoms with Crippen molar-refractivity contribution in [2.45, 2.75) is 12.8 Å². The number of hydrogen-bond acceptors (Lipinski definition) is 4. The molecule has 0 radical (unpaired) electrons. The molecule has 0 unspecified atom stereocenters. The normalized spacial score (nSPS) is 15.7. The van der Waals surface area contributed by atoms with Gasteiger partial charge in [-0.2, -0.15) is 20.1 Å². The summed E-state index contributed by atoms with van der Waals surface area (Å²) in [6.45, 7) is 0.824. The van der Waals surface area contributed by atoms with Crippen LogP contribution in [0.3, 0.4) is 0 Å². The van der Waals surface area contributed by atoms with Gasteiger partial charge in [0.05, 0.1) is 12.1 Å². The average molecular weight is 318 g/mol. The smallest absolute Gasteiger partial charge is 0.337 e. The highest BCUT2D eigenvalue weighted by molar-refractivity contribution is 7.80. The Kier molecular flexibility index (Phi) is 4.34. The van der Waals surface area contributed by atoms with Gasteiger partial charge in [-0.3, -0.25) is 0 Å². The molecule has 8 heteroatoms. The Morgan fingerprint density at radius 1 is 1.60 bits per heavy atom. The number of ether oxygens (including phenoxy) is 1. The van der Waals surface area contributed by atoms with Crippen LogP contribution < -0.4 is 10.6 Å². The number of allylic oxidation sites excluding steroid dienone is 1. The Balaban J connectivity index is 1.99. The van der Waals surface area contributed by atoms with E-state index in [0.29, 0.717) is 10.8 Å². The van der Waals surface area contributed by atoms with Gasteiger partial charge >= 0.3 is 11.9 Å². The molecule has 0 bridgehead atoms. The molecule has 1 aromatic rings. The van der Waals surface area contributed by atoms with Crippen molar-refractivity contribution in [1.29, 1.82) is 0 Å². The Morgan fingerprint density at radius 3 is 2.95 bits per heavy atom. The molecule has 108 valence electrons. The van der Waals surface area contributed by atoms with Crippen LogP contribution in [0.5, 0.6) is 0 Å². The van der Waals surface area contributed by atoms with Crippen molar-refractivity contribution >= 4 is 34.6 Å². The van der Waals surface area contributed by atoms with Crippen LogP contribution in [0.2, 0.25) is 0 Å². The molecule has 0 aromatic carbocycles. The molecule has 0 amide bonds. The third kappa shape index (κ3) is 3.31. The molecule has 1 aromatic heterocycles. The van der Waals surface area contributed by atoms with E-state index in [-0.39, 0.29) is 17.7 Å². The predicted octanol–water partition coefficient (Wildman–Crippen LogP) is 2.13. The number of rotatable bonds is 4. The minimum atomic E-state index is -3.19. The number of thiophene rings is 1. The van der Waals surface area contributed by atoms with Crippen LogP contribution in [-0.2, 0) is 15.5 Å². The van der Waals surface area contributed by atoms with Gasteiger partial charge in [0.1, 0.15) is 0 Å². The van der Waals surface area contributed by atoms with Gasteiger partial charge < -0.3 is 15.4 Å². The van der Waals surface area contributed by atoms with E-state index in [1.165, 1.54) is 22.8 Å². The Bertz CT molecular complexity index is 556. The fourth-order valence-corrected chi connectivity index (χ4v) is 2.54. The van der Waals surface area contributed by atoms with Crippen LogP contribution in [0, 0.1) is 0 Å². The van der Waals surface area contributed by atoms with E-state index in [1.54, 1.807) is 12.3 Å². The number of alkyl halides is 2. The Labute approximate surface area is 123 Å². The zero-order chi connectivity index (χ0) is 14.8. The summed E-state index contributed by atoms with van der Waals surface area (Å²) >= 11 is 6.04. The lowest BCUT2D eigenvalue weighted by Crippen LogP contribution is -2.43. The van der Waals surface area contributed by atoms with Gasteiger partial charge in [-0.15, -0.1) is 0 Å². The van der Waals surface area contributed by atoms with E-state index in [0.717, 1.165) is 0 Å². The standard InChI is InChI=1S/C12H12F2N2O2S2/c1-7-9(4-15-11(19)16-7)10(17)18-6-12(13,14)8-2-3-20-5-8/h2-3,5H,4,6H2,1H3,(H2,15,16,19). The van der Waals surface area contributed by atoms with Crippen LogP contribution in [0.25, 0.3) is 0 Å². The van der Waals surface area contributed by atoms with Gasteiger partial charge in [0.25, 0.3) is 0 Å². The molecule has 0 fully saturated rings. The number of thiocarbonyl (C=S) groups is 1. The van der Waals surface area contributed by atoms with Crippen LogP contribution >= 0.6 is 23.6 Å². The quantitative estimate of drug-likeness (QED) is 0.658. The molecule has 1 aliphatic heterocycles. The van der Waals surface area contributed by atoms with Gasteiger partial charge in [-0.25, -0.2) is 4.79 Å². The largest absolute Gasteiger partial charge is 0.455 e. The first-order chi connectivity index (χ1) is 9.40. The van der Waals surface area contributed by atoms with Crippen molar-refractivity contribution in [2.75, 3.05) is 13.2 Å². The van der Waals surface area contributed by atoms with Gasteiger partial charge in [-0.1, -0.05) is 0 Å². The summed E-state index contributed by atoms with van der Waals surface area (Å²) in [5.74, 6) is -3.96. The highest BCUT2D eigenvalue weighted by atomic mass is 32.1.